The number of aromatic amines is 1. The molecule has 1 N–H and O–H groups in total. The number of nitrogens with zero attached hydrogens (tertiary/aromatic N) is 3. The van der Waals surface area contributed by atoms with Crippen LogP contribution in [-0.4, -0.2) is 21.5 Å². The predicted molar refractivity (Wildman–Crippen MR) is 121 cm³/mol. The monoisotopic (exact) mass is 394 g/mol. The van der Waals surface area contributed by atoms with E-state index in [1.54, 1.807) is 6.20 Å². The second-order valence-corrected chi connectivity index (χ2v) is 7.67. The van der Waals surface area contributed by atoms with Gasteiger partial charge in [0, 0.05) is 19.3 Å². The molecule has 0 spiro atoms. The van der Waals surface area contributed by atoms with E-state index in [4.69, 9.17) is 0 Å². The lowest BCUT2D eigenvalue weighted by Gasteiger charge is -2.29. The Kier molecular flexibility index (Phi) is 4.64. The molecule has 2 aromatic heterocycles. The molecule has 3 heterocycles. The Morgan fingerprint density at radius 2 is 1.80 bits per heavy atom. The summed E-state index contributed by atoms with van der Waals surface area (Å²) in [4.78, 5) is 27.1. The number of aryl methyl sites for hydroxylation is 1. The van der Waals surface area contributed by atoms with Gasteiger partial charge in [-0.1, -0.05) is 66.2 Å². The zero-order chi connectivity index (χ0) is 20.5. The molecule has 2 aromatic carbocycles. The van der Waals surface area contributed by atoms with Crippen LogP contribution >= 0.6 is 0 Å². The topological polar surface area (TPSA) is 61.9 Å². The van der Waals surface area contributed by atoms with Crippen molar-refractivity contribution in [2.45, 2.75) is 19.9 Å². The fourth-order valence-corrected chi connectivity index (χ4v) is 3.90. The van der Waals surface area contributed by atoms with E-state index in [2.05, 4.69) is 69.2 Å². The second-order valence-electron chi connectivity index (χ2n) is 7.67. The minimum Gasteiger partial charge on any atom is -0.338 e. The molecule has 0 unspecified atom stereocenters. The van der Waals surface area contributed by atoms with Gasteiger partial charge in [0.25, 0.3) is 5.56 Å². The largest absolute Gasteiger partial charge is 0.338 e. The Labute approximate surface area is 174 Å². The zero-order valence-corrected chi connectivity index (χ0v) is 16.8. The van der Waals surface area contributed by atoms with Crippen LogP contribution in [0.5, 0.6) is 0 Å². The summed E-state index contributed by atoms with van der Waals surface area (Å²) in [5.41, 5.74) is 6.05. The number of hydrogen-bond donors (Lipinski definition) is 1. The summed E-state index contributed by atoms with van der Waals surface area (Å²) in [7, 11) is 0. The average Bonchev–Trinajstić information content (AvgIpc) is 2.78. The van der Waals surface area contributed by atoms with Crippen LogP contribution < -0.4 is 10.5 Å². The third-order valence-corrected chi connectivity index (χ3v) is 5.59. The van der Waals surface area contributed by atoms with E-state index in [1.807, 2.05) is 24.3 Å². The van der Waals surface area contributed by atoms with Gasteiger partial charge in [-0.2, -0.15) is 4.98 Å². The summed E-state index contributed by atoms with van der Waals surface area (Å²) in [6.07, 6.45) is 6.59. The molecule has 0 saturated carbocycles. The molecule has 5 heteroatoms. The van der Waals surface area contributed by atoms with Crippen LogP contribution in [0.25, 0.3) is 23.2 Å². The number of hydrogen-bond acceptors (Lipinski definition) is 4. The van der Waals surface area contributed by atoms with Crippen molar-refractivity contribution in [3.05, 3.63) is 99.0 Å². The summed E-state index contributed by atoms with van der Waals surface area (Å²) >= 11 is 0. The minimum absolute atomic E-state index is 0.162. The molecular weight excluding hydrogens is 372 g/mol. The van der Waals surface area contributed by atoms with Crippen molar-refractivity contribution in [3.63, 3.8) is 0 Å². The highest BCUT2D eigenvalue weighted by molar-refractivity contribution is 5.88. The maximum Gasteiger partial charge on any atom is 0.262 e. The molecule has 0 saturated heterocycles. The molecule has 1 aliphatic rings. The Morgan fingerprint density at radius 3 is 2.63 bits per heavy atom. The first-order valence-electron chi connectivity index (χ1n) is 10.1. The van der Waals surface area contributed by atoms with Gasteiger partial charge in [0.15, 0.2) is 5.65 Å². The molecule has 5 nitrogen and oxygen atoms in total. The molecule has 0 amide bonds. The van der Waals surface area contributed by atoms with Crippen molar-refractivity contribution >= 4 is 29.1 Å². The van der Waals surface area contributed by atoms with Gasteiger partial charge in [-0.05, 0) is 41.7 Å². The highest BCUT2D eigenvalue weighted by Crippen LogP contribution is 2.23. The summed E-state index contributed by atoms with van der Waals surface area (Å²) < 4.78 is 0. The van der Waals surface area contributed by atoms with Gasteiger partial charge in [-0.25, -0.2) is 4.98 Å². The van der Waals surface area contributed by atoms with Crippen LogP contribution in [0.15, 0.2) is 65.6 Å². The van der Waals surface area contributed by atoms with Crippen LogP contribution in [0.1, 0.15) is 27.8 Å². The standard InChI is InChI=1S/C25H22N4O/c1-17-6-8-18(9-7-17)10-11-20-12-14-26-23-22(20)24(30)28-25(27-23)29-15-13-19-4-2-3-5-21(19)16-29/h2-12,14H,13,15-16H2,1H3,(H,26,27,28,30)/b11-10+. The zero-order valence-electron chi connectivity index (χ0n) is 16.8. The van der Waals surface area contributed by atoms with Gasteiger partial charge in [0.2, 0.25) is 5.95 Å². The first-order valence-corrected chi connectivity index (χ1v) is 10.1. The van der Waals surface area contributed by atoms with Crippen molar-refractivity contribution in [2.75, 3.05) is 11.4 Å². The third-order valence-electron chi connectivity index (χ3n) is 5.59. The second kappa shape index (κ2) is 7.59. The SMILES string of the molecule is Cc1ccc(/C=C/c2ccnc3nc(N4CCc5ccccc5C4)[nH]c(=O)c23)cc1. The van der Waals surface area contributed by atoms with Crippen LogP contribution in [0.2, 0.25) is 0 Å². The molecule has 0 aliphatic carbocycles. The van der Waals surface area contributed by atoms with Gasteiger partial charge in [0.05, 0.1) is 5.39 Å². The molecule has 0 radical (unpaired) electrons. The fraction of sp³-hybridized carbons (Fsp3) is 0.160. The molecule has 0 bridgehead atoms. The van der Waals surface area contributed by atoms with E-state index in [0.717, 1.165) is 30.6 Å². The molecule has 1 aliphatic heterocycles. The van der Waals surface area contributed by atoms with Crippen molar-refractivity contribution < 1.29 is 0 Å². The Balaban J connectivity index is 1.50. The van der Waals surface area contributed by atoms with Crippen LogP contribution in [-0.2, 0) is 13.0 Å². The molecule has 30 heavy (non-hydrogen) atoms. The summed E-state index contributed by atoms with van der Waals surface area (Å²) in [6, 6.07) is 18.5. The Morgan fingerprint density at radius 1 is 1.00 bits per heavy atom. The third kappa shape index (κ3) is 3.50. The van der Waals surface area contributed by atoms with Crippen molar-refractivity contribution in [3.8, 4) is 0 Å². The van der Waals surface area contributed by atoms with Gasteiger partial charge in [0.1, 0.15) is 0 Å². The maximum atomic E-state index is 13.0. The number of fused-ring (bicyclic) bond motifs is 2. The first kappa shape index (κ1) is 18.3. The van der Waals surface area contributed by atoms with Crippen LogP contribution in [0.4, 0.5) is 5.95 Å². The highest BCUT2D eigenvalue weighted by atomic mass is 16.1. The van der Waals surface area contributed by atoms with Gasteiger partial charge < -0.3 is 4.90 Å². The van der Waals surface area contributed by atoms with E-state index in [9.17, 15) is 4.79 Å². The van der Waals surface area contributed by atoms with Crippen molar-refractivity contribution in [1.29, 1.82) is 0 Å². The number of H-pyrrole nitrogens is 1. The molecule has 0 fully saturated rings. The Hall–Kier alpha value is -3.73. The van der Waals surface area contributed by atoms with E-state index >= 15 is 0 Å². The number of benzene rings is 2. The normalized spacial score (nSPS) is 13.7. The number of aromatic nitrogens is 3. The van der Waals surface area contributed by atoms with Crippen LogP contribution in [0.3, 0.4) is 0 Å². The maximum absolute atomic E-state index is 13.0. The van der Waals surface area contributed by atoms with E-state index in [1.165, 1.54) is 16.7 Å². The summed E-state index contributed by atoms with van der Waals surface area (Å²) in [5.74, 6) is 0.578. The fourth-order valence-electron chi connectivity index (χ4n) is 3.90. The van der Waals surface area contributed by atoms with Gasteiger partial charge in [-0.3, -0.25) is 9.78 Å². The van der Waals surface area contributed by atoms with E-state index in [0.29, 0.717) is 17.0 Å². The van der Waals surface area contributed by atoms with Gasteiger partial charge in [-0.15, -0.1) is 0 Å². The lowest BCUT2D eigenvalue weighted by atomic mass is 10.0. The van der Waals surface area contributed by atoms with Gasteiger partial charge >= 0.3 is 0 Å². The Bertz CT molecular complexity index is 1310. The highest BCUT2D eigenvalue weighted by Gasteiger charge is 2.19. The molecule has 0 atom stereocenters. The van der Waals surface area contributed by atoms with Crippen molar-refractivity contribution in [1.82, 2.24) is 15.0 Å². The van der Waals surface area contributed by atoms with Crippen molar-refractivity contribution in [2.24, 2.45) is 0 Å². The predicted octanol–water partition coefficient (Wildman–Crippen LogP) is 4.36. The smallest absolute Gasteiger partial charge is 0.262 e. The number of nitrogens with one attached hydrogen (secondary N) is 1. The van der Waals surface area contributed by atoms with Crippen LogP contribution in [0, 0.1) is 6.92 Å². The number of pyridine rings is 1. The molecular formula is C25H22N4O. The minimum atomic E-state index is -0.162. The quantitative estimate of drug-likeness (QED) is 0.561. The lowest BCUT2D eigenvalue weighted by molar-refractivity contribution is 0.708. The molecule has 148 valence electrons. The van der Waals surface area contributed by atoms with E-state index < -0.39 is 0 Å². The van der Waals surface area contributed by atoms with E-state index in [-0.39, 0.29) is 5.56 Å². The summed E-state index contributed by atoms with van der Waals surface area (Å²) in [5, 5.41) is 0.516. The number of rotatable bonds is 3. The molecule has 4 aromatic rings. The lowest BCUT2D eigenvalue weighted by Crippen LogP contribution is -2.33. The number of anilines is 1. The average molecular weight is 394 g/mol. The summed E-state index contributed by atoms with van der Waals surface area (Å²) in [6.45, 7) is 3.61. The molecule has 5 rings (SSSR count). The first-order chi connectivity index (χ1) is 14.7.